The molecule has 3 heteroatoms. The monoisotopic (exact) mass is 235 g/mol. The van der Waals surface area contributed by atoms with Crippen molar-refractivity contribution in [2.45, 2.75) is 59.5 Å². The Labute approximate surface area is 105 Å². The summed E-state index contributed by atoms with van der Waals surface area (Å²) in [5.41, 5.74) is 2.97. The normalized spacial score (nSPS) is 19.3. The topological polar surface area (TPSA) is 29.9 Å². The van der Waals surface area contributed by atoms with Gasteiger partial charge in [-0.1, -0.05) is 6.92 Å². The van der Waals surface area contributed by atoms with Gasteiger partial charge in [-0.3, -0.25) is 4.68 Å². The van der Waals surface area contributed by atoms with E-state index >= 15 is 0 Å². The summed E-state index contributed by atoms with van der Waals surface area (Å²) in [4.78, 5) is 0. The first-order valence-electron chi connectivity index (χ1n) is 6.76. The van der Waals surface area contributed by atoms with Crippen molar-refractivity contribution in [3.05, 3.63) is 17.5 Å². The fourth-order valence-corrected chi connectivity index (χ4v) is 2.33. The van der Waals surface area contributed by atoms with Gasteiger partial charge >= 0.3 is 0 Å². The first-order valence-corrected chi connectivity index (χ1v) is 6.76. The first-order chi connectivity index (χ1) is 8.01. The van der Waals surface area contributed by atoms with Gasteiger partial charge in [0, 0.05) is 18.3 Å². The van der Waals surface area contributed by atoms with Crippen LogP contribution in [0, 0.1) is 19.3 Å². The molecule has 1 N–H and O–H groups in total. The van der Waals surface area contributed by atoms with Crippen molar-refractivity contribution in [3.8, 4) is 0 Å². The zero-order valence-corrected chi connectivity index (χ0v) is 11.6. The number of aromatic nitrogens is 2. The highest BCUT2D eigenvalue weighted by Crippen LogP contribution is 2.47. The highest BCUT2D eigenvalue weighted by molar-refractivity contribution is 5.06. The summed E-state index contributed by atoms with van der Waals surface area (Å²) in [6.45, 7) is 11.0. The second kappa shape index (κ2) is 4.81. The SMILES string of the molecule is Cc1cc(C)n(CCCNC(C)C2(C)CC2)n1. The van der Waals surface area contributed by atoms with Gasteiger partial charge in [-0.15, -0.1) is 0 Å². The van der Waals surface area contributed by atoms with E-state index in [9.17, 15) is 0 Å². The lowest BCUT2D eigenvalue weighted by atomic mass is 10.0. The van der Waals surface area contributed by atoms with Crippen molar-refractivity contribution in [1.82, 2.24) is 15.1 Å². The van der Waals surface area contributed by atoms with E-state index in [1.807, 2.05) is 0 Å². The summed E-state index contributed by atoms with van der Waals surface area (Å²) in [5, 5.41) is 8.12. The minimum Gasteiger partial charge on any atom is -0.314 e. The van der Waals surface area contributed by atoms with Gasteiger partial charge in [-0.05, 0) is 58.1 Å². The van der Waals surface area contributed by atoms with E-state index in [4.69, 9.17) is 0 Å². The molecule has 1 fully saturated rings. The van der Waals surface area contributed by atoms with Crippen LogP contribution in [0.1, 0.15) is 44.5 Å². The van der Waals surface area contributed by atoms with Gasteiger partial charge in [0.05, 0.1) is 5.69 Å². The number of nitrogens with one attached hydrogen (secondary N) is 1. The van der Waals surface area contributed by atoms with Crippen LogP contribution in [-0.4, -0.2) is 22.4 Å². The van der Waals surface area contributed by atoms with E-state index in [1.54, 1.807) is 0 Å². The largest absolute Gasteiger partial charge is 0.314 e. The fourth-order valence-electron chi connectivity index (χ4n) is 2.33. The van der Waals surface area contributed by atoms with E-state index < -0.39 is 0 Å². The molecule has 1 aliphatic carbocycles. The molecule has 1 aromatic heterocycles. The van der Waals surface area contributed by atoms with Crippen molar-refractivity contribution in [3.63, 3.8) is 0 Å². The standard InChI is InChI=1S/C14H25N3/c1-11-10-12(2)17(16-11)9-5-8-15-13(3)14(4)6-7-14/h10,13,15H,5-9H2,1-4H3. The number of nitrogens with zero attached hydrogens (tertiary/aromatic N) is 2. The molecule has 96 valence electrons. The van der Waals surface area contributed by atoms with Crippen LogP contribution in [-0.2, 0) is 6.54 Å². The van der Waals surface area contributed by atoms with Crippen molar-refractivity contribution < 1.29 is 0 Å². The third-order valence-corrected chi connectivity index (χ3v) is 4.18. The zero-order chi connectivity index (χ0) is 12.5. The number of rotatable bonds is 6. The smallest absolute Gasteiger partial charge is 0.0596 e. The van der Waals surface area contributed by atoms with E-state index in [0.717, 1.165) is 25.2 Å². The maximum Gasteiger partial charge on any atom is 0.0596 e. The summed E-state index contributed by atoms with van der Waals surface area (Å²) < 4.78 is 2.11. The molecule has 1 heterocycles. The lowest BCUT2D eigenvalue weighted by Gasteiger charge is -2.20. The first kappa shape index (κ1) is 12.6. The molecule has 2 rings (SSSR count). The minimum absolute atomic E-state index is 0.582. The highest BCUT2D eigenvalue weighted by Gasteiger charge is 2.41. The third kappa shape index (κ3) is 3.09. The summed E-state index contributed by atoms with van der Waals surface area (Å²) in [7, 11) is 0. The molecule has 0 saturated heterocycles. The molecule has 1 unspecified atom stereocenters. The Morgan fingerprint density at radius 2 is 2.18 bits per heavy atom. The molecule has 1 aromatic rings. The summed E-state index contributed by atoms with van der Waals surface area (Å²) >= 11 is 0. The van der Waals surface area contributed by atoms with Crippen LogP contribution in [0.4, 0.5) is 0 Å². The van der Waals surface area contributed by atoms with Gasteiger partial charge in [0.15, 0.2) is 0 Å². The van der Waals surface area contributed by atoms with E-state index in [0.29, 0.717) is 11.5 Å². The second-order valence-corrected chi connectivity index (χ2v) is 5.83. The highest BCUT2D eigenvalue weighted by atomic mass is 15.3. The summed E-state index contributed by atoms with van der Waals surface area (Å²) in [6, 6.07) is 2.80. The molecule has 17 heavy (non-hydrogen) atoms. The molecule has 1 atom stereocenters. The number of hydrogen-bond donors (Lipinski definition) is 1. The van der Waals surface area contributed by atoms with Crippen LogP contribution >= 0.6 is 0 Å². The predicted octanol–water partition coefficient (Wildman–Crippen LogP) is 2.67. The molecule has 1 saturated carbocycles. The van der Waals surface area contributed by atoms with Crippen molar-refractivity contribution >= 4 is 0 Å². The maximum atomic E-state index is 4.48. The average molecular weight is 235 g/mol. The van der Waals surface area contributed by atoms with Crippen LogP contribution in [0.2, 0.25) is 0 Å². The molecule has 0 aromatic carbocycles. The fraction of sp³-hybridized carbons (Fsp3) is 0.786. The Balaban J connectivity index is 1.68. The van der Waals surface area contributed by atoms with E-state index in [2.05, 4.69) is 48.9 Å². The molecule has 3 nitrogen and oxygen atoms in total. The molecule has 0 bridgehead atoms. The van der Waals surface area contributed by atoms with E-state index in [1.165, 1.54) is 18.5 Å². The Hall–Kier alpha value is -0.830. The third-order valence-electron chi connectivity index (χ3n) is 4.18. The maximum absolute atomic E-state index is 4.48. The lowest BCUT2D eigenvalue weighted by molar-refractivity contribution is 0.373. The van der Waals surface area contributed by atoms with Crippen molar-refractivity contribution in [1.29, 1.82) is 0 Å². The second-order valence-electron chi connectivity index (χ2n) is 5.83. The molecular formula is C14H25N3. The lowest BCUT2D eigenvalue weighted by Crippen LogP contribution is -2.34. The van der Waals surface area contributed by atoms with Crippen LogP contribution in [0.5, 0.6) is 0 Å². The van der Waals surface area contributed by atoms with Gasteiger partial charge in [0.25, 0.3) is 0 Å². The van der Waals surface area contributed by atoms with Gasteiger partial charge in [0.2, 0.25) is 0 Å². The quantitative estimate of drug-likeness (QED) is 0.768. The van der Waals surface area contributed by atoms with Gasteiger partial charge in [-0.2, -0.15) is 5.10 Å². The van der Waals surface area contributed by atoms with Crippen molar-refractivity contribution in [2.75, 3.05) is 6.54 Å². The average Bonchev–Trinajstić information content (AvgIpc) is 2.93. The van der Waals surface area contributed by atoms with Gasteiger partial charge in [0.1, 0.15) is 0 Å². The minimum atomic E-state index is 0.582. The van der Waals surface area contributed by atoms with Gasteiger partial charge in [-0.25, -0.2) is 0 Å². The Morgan fingerprint density at radius 3 is 2.71 bits per heavy atom. The Kier molecular flexibility index (Phi) is 3.57. The Morgan fingerprint density at radius 1 is 1.47 bits per heavy atom. The van der Waals surface area contributed by atoms with Gasteiger partial charge < -0.3 is 5.32 Å². The molecule has 0 spiro atoms. The summed E-state index contributed by atoms with van der Waals surface area (Å²) in [5.74, 6) is 0. The zero-order valence-electron chi connectivity index (χ0n) is 11.6. The molecule has 1 aliphatic rings. The van der Waals surface area contributed by atoms with Crippen LogP contribution < -0.4 is 5.32 Å². The number of aryl methyl sites for hydroxylation is 3. The summed E-state index contributed by atoms with van der Waals surface area (Å²) in [6.07, 6.45) is 3.93. The molecule has 0 amide bonds. The van der Waals surface area contributed by atoms with Crippen LogP contribution in [0.25, 0.3) is 0 Å². The molecule has 0 radical (unpaired) electrons. The number of hydrogen-bond acceptors (Lipinski definition) is 2. The predicted molar refractivity (Wildman–Crippen MR) is 71.1 cm³/mol. The van der Waals surface area contributed by atoms with Crippen LogP contribution in [0.3, 0.4) is 0 Å². The van der Waals surface area contributed by atoms with Crippen molar-refractivity contribution in [2.24, 2.45) is 5.41 Å². The molecular weight excluding hydrogens is 210 g/mol. The Bertz CT molecular complexity index is 377. The van der Waals surface area contributed by atoms with E-state index in [-0.39, 0.29) is 0 Å². The van der Waals surface area contributed by atoms with Crippen LogP contribution in [0.15, 0.2) is 6.07 Å². The molecule has 0 aliphatic heterocycles.